The number of amides is 3. The molecular weight excluding hydrogens is 344 g/mol. The van der Waals surface area contributed by atoms with Gasteiger partial charge in [-0.05, 0) is 48.2 Å². The minimum Gasteiger partial charge on any atom is -0.484 e. The number of imide groups is 1. The number of anilines is 1. The minimum absolute atomic E-state index is 0.146. The molecule has 3 amide bonds. The van der Waals surface area contributed by atoms with E-state index in [9.17, 15) is 14.4 Å². The lowest BCUT2D eigenvalue weighted by molar-refractivity contribution is -0.118. The Hall–Kier alpha value is -3.15. The molecule has 2 aromatic rings. The Morgan fingerprint density at radius 2 is 1.74 bits per heavy atom. The Morgan fingerprint density at radius 1 is 1.07 bits per heavy atom. The summed E-state index contributed by atoms with van der Waals surface area (Å²) < 4.78 is 5.51. The van der Waals surface area contributed by atoms with Crippen molar-refractivity contribution < 1.29 is 19.1 Å². The molecule has 140 valence electrons. The van der Waals surface area contributed by atoms with E-state index in [2.05, 4.69) is 19.2 Å². The number of rotatable bonds is 6. The summed E-state index contributed by atoms with van der Waals surface area (Å²) in [6.45, 7) is 4.16. The third-order valence-corrected chi connectivity index (χ3v) is 4.80. The average molecular weight is 366 g/mol. The van der Waals surface area contributed by atoms with Gasteiger partial charge in [0.05, 0.1) is 11.1 Å². The van der Waals surface area contributed by atoms with E-state index in [-0.39, 0.29) is 24.3 Å². The summed E-state index contributed by atoms with van der Waals surface area (Å²) in [4.78, 5) is 37.1. The third kappa shape index (κ3) is 3.84. The number of nitrogens with one attached hydrogen (secondary N) is 1. The highest BCUT2D eigenvalue weighted by Crippen LogP contribution is 2.25. The van der Waals surface area contributed by atoms with Gasteiger partial charge in [-0.3, -0.25) is 19.3 Å². The van der Waals surface area contributed by atoms with Crippen LogP contribution >= 0.6 is 0 Å². The molecule has 0 bridgehead atoms. The van der Waals surface area contributed by atoms with Crippen LogP contribution < -0.4 is 10.1 Å². The Morgan fingerprint density at radius 3 is 2.41 bits per heavy atom. The van der Waals surface area contributed by atoms with Crippen molar-refractivity contribution in [2.75, 3.05) is 19.0 Å². The number of carbonyl (C=O) groups is 3. The molecule has 6 heteroatoms. The van der Waals surface area contributed by atoms with Crippen LogP contribution in [-0.4, -0.2) is 36.3 Å². The van der Waals surface area contributed by atoms with Crippen molar-refractivity contribution in [1.29, 1.82) is 0 Å². The lowest BCUT2D eigenvalue weighted by Gasteiger charge is -2.11. The first-order chi connectivity index (χ1) is 12.9. The van der Waals surface area contributed by atoms with Gasteiger partial charge in [0.2, 0.25) is 0 Å². The molecule has 27 heavy (non-hydrogen) atoms. The Bertz CT molecular complexity index is 890. The van der Waals surface area contributed by atoms with Crippen LogP contribution in [0.5, 0.6) is 5.75 Å². The van der Waals surface area contributed by atoms with Gasteiger partial charge < -0.3 is 10.1 Å². The lowest BCUT2D eigenvalue weighted by atomic mass is 9.99. The Kier molecular flexibility index (Phi) is 5.26. The van der Waals surface area contributed by atoms with Gasteiger partial charge in [-0.1, -0.05) is 26.0 Å². The van der Waals surface area contributed by atoms with Gasteiger partial charge in [0, 0.05) is 12.7 Å². The summed E-state index contributed by atoms with van der Waals surface area (Å²) >= 11 is 0. The van der Waals surface area contributed by atoms with E-state index in [1.165, 1.54) is 18.7 Å². The molecular formula is C21H22N2O4. The van der Waals surface area contributed by atoms with E-state index < -0.39 is 0 Å². The normalized spacial score (nSPS) is 14.1. The van der Waals surface area contributed by atoms with Gasteiger partial charge in [-0.15, -0.1) is 0 Å². The Labute approximate surface area is 158 Å². The standard InChI is InChI=1S/C21H22N2O4/c1-4-13(2)14-5-8-16(9-6-14)27-12-19(24)22-15-7-10-17-18(11-15)21(26)23(3)20(17)25/h5-11,13H,4,12H2,1-3H3,(H,22,24)/t13-/m1/s1. The fraction of sp³-hybridized carbons (Fsp3) is 0.286. The quantitative estimate of drug-likeness (QED) is 0.795. The molecule has 2 aromatic carbocycles. The third-order valence-electron chi connectivity index (χ3n) is 4.80. The van der Waals surface area contributed by atoms with Gasteiger partial charge >= 0.3 is 0 Å². The first-order valence-corrected chi connectivity index (χ1v) is 8.89. The van der Waals surface area contributed by atoms with E-state index in [1.807, 2.05) is 24.3 Å². The second-order valence-corrected chi connectivity index (χ2v) is 6.64. The van der Waals surface area contributed by atoms with E-state index in [4.69, 9.17) is 4.74 Å². The maximum Gasteiger partial charge on any atom is 0.262 e. The average Bonchev–Trinajstić information content (AvgIpc) is 2.90. The molecule has 0 aromatic heterocycles. The molecule has 0 aliphatic carbocycles. The molecule has 0 radical (unpaired) electrons. The maximum atomic E-state index is 12.1. The number of hydrogen-bond acceptors (Lipinski definition) is 4. The molecule has 1 aliphatic heterocycles. The fourth-order valence-electron chi connectivity index (χ4n) is 2.91. The van der Waals surface area contributed by atoms with Crippen LogP contribution in [-0.2, 0) is 4.79 Å². The number of carbonyl (C=O) groups excluding carboxylic acids is 3. The summed E-state index contributed by atoms with van der Waals surface area (Å²) in [5, 5.41) is 2.68. The number of ether oxygens (including phenoxy) is 1. The van der Waals surface area contributed by atoms with Gasteiger partial charge in [-0.25, -0.2) is 0 Å². The largest absolute Gasteiger partial charge is 0.484 e. The molecule has 0 fully saturated rings. The zero-order valence-electron chi connectivity index (χ0n) is 15.6. The van der Waals surface area contributed by atoms with Crippen molar-refractivity contribution in [3.8, 4) is 5.75 Å². The molecule has 0 saturated carbocycles. The second-order valence-electron chi connectivity index (χ2n) is 6.64. The van der Waals surface area contributed by atoms with Crippen LogP contribution in [0.3, 0.4) is 0 Å². The smallest absolute Gasteiger partial charge is 0.262 e. The molecule has 3 rings (SSSR count). The summed E-state index contributed by atoms with van der Waals surface area (Å²) in [7, 11) is 1.43. The van der Waals surface area contributed by atoms with Crippen molar-refractivity contribution in [1.82, 2.24) is 4.90 Å². The fourth-order valence-corrected chi connectivity index (χ4v) is 2.91. The molecule has 1 atom stereocenters. The SMILES string of the molecule is CC[C@@H](C)c1ccc(OCC(=O)Nc2ccc3c(c2)C(=O)N(C)C3=O)cc1. The van der Waals surface area contributed by atoms with E-state index in [0.29, 0.717) is 28.5 Å². The highest BCUT2D eigenvalue weighted by Gasteiger charge is 2.32. The van der Waals surface area contributed by atoms with Crippen LogP contribution in [0, 0.1) is 0 Å². The molecule has 1 heterocycles. The van der Waals surface area contributed by atoms with Gasteiger partial charge in [0.1, 0.15) is 5.75 Å². The van der Waals surface area contributed by atoms with Crippen LogP contribution in [0.25, 0.3) is 0 Å². The zero-order valence-corrected chi connectivity index (χ0v) is 15.6. The van der Waals surface area contributed by atoms with Crippen molar-refractivity contribution in [3.05, 3.63) is 59.2 Å². The van der Waals surface area contributed by atoms with Crippen LogP contribution in [0.2, 0.25) is 0 Å². The predicted octanol–water partition coefficient (Wildman–Crippen LogP) is 3.44. The van der Waals surface area contributed by atoms with Crippen LogP contribution in [0.15, 0.2) is 42.5 Å². The number of fused-ring (bicyclic) bond motifs is 1. The first kappa shape index (κ1) is 18.6. The van der Waals surface area contributed by atoms with Crippen molar-refractivity contribution in [3.63, 3.8) is 0 Å². The topological polar surface area (TPSA) is 75.7 Å². The number of hydrogen-bond donors (Lipinski definition) is 1. The lowest BCUT2D eigenvalue weighted by Crippen LogP contribution is -2.24. The summed E-state index contributed by atoms with van der Waals surface area (Å²) in [5.74, 6) is 0.0521. The highest BCUT2D eigenvalue weighted by molar-refractivity contribution is 6.21. The first-order valence-electron chi connectivity index (χ1n) is 8.89. The molecule has 6 nitrogen and oxygen atoms in total. The molecule has 1 N–H and O–H groups in total. The Balaban J connectivity index is 1.59. The van der Waals surface area contributed by atoms with Crippen molar-refractivity contribution in [2.24, 2.45) is 0 Å². The van der Waals surface area contributed by atoms with E-state index >= 15 is 0 Å². The predicted molar refractivity (Wildman–Crippen MR) is 102 cm³/mol. The van der Waals surface area contributed by atoms with Gasteiger partial charge in [0.15, 0.2) is 6.61 Å². The van der Waals surface area contributed by atoms with Crippen molar-refractivity contribution >= 4 is 23.4 Å². The number of benzene rings is 2. The summed E-state index contributed by atoms with van der Waals surface area (Å²) in [5.41, 5.74) is 2.32. The molecule has 0 spiro atoms. The van der Waals surface area contributed by atoms with Crippen LogP contribution in [0.1, 0.15) is 52.5 Å². The molecule has 1 aliphatic rings. The molecule has 0 unspecified atom stereocenters. The highest BCUT2D eigenvalue weighted by atomic mass is 16.5. The minimum atomic E-state index is -0.372. The van der Waals surface area contributed by atoms with E-state index in [1.54, 1.807) is 12.1 Å². The number of nitrogens with zero attached hydrogens (tertiary/aromatic N) is 1. The van der Waals surface area contributed by atoms with Gasteiger partial charge in [0.25, 0.3) is 17.7 Å². The van der Waals surface area contributed by atoms with Crippen molar-refractivity contribution in [2.45, 2.75) is 26.2 Å². The van der Waals surface area contributed by atoms with Crippen LogP contribution in [0.4, 0.5) is 5.69 Å². The summed E-state index contributed by atoms with van der Waals surface area (Å²) in [6.07, 6.45) is 1.06. The monoisotopic (exact) mass is 366 g/mol. The van der Waals surface area contributed by atoms with E-state index in [0.717, 1.165) is 11.3 Å². The molecule has 0 saturated heterocycles. The summed E-state index contributed by atoms with van der Waals surface area (Å²) in [6, 6.07) is 12.4. The zero-order chi connectivity index (χ0) is 19.6. The second kappa shape index (κ2) is 7.61. The maximum absolute atomic E-state index is 12.1. The van der Waals surface area contributed by atoms with Gasteiger partial charge in [-0.2, -0.15) is 0 Å².